The number of aliphatic hydroxyl groups is 1. The number of aromatic nitrogens is 1. The Morgan fingerprint density at radius 3 is 2.50 bits per heavy atom. The van der Waals surface area contributed by atoms with Gasteiger partial charge in [0, 0.05) is 18.0 Å². The van der Waals surface area contributed by atoms with Crippen molar-refractivity contribution in [3.05, 3.63) is 29.6 Å². The van der Waals surface area contributed by atoms with Crippen LogP contribution in [0.3, 0.4) is 0 Å². The Labute approximate surface area is 117 Å². The van der Waals surface area contributed by atoms with E-state index in [4.69, 9.17) is 0 Å². The monoisotopic (exact) mass is 287 g/mol. The number of rotatable bonds is 1. The highest BCUT2D eigenvalue weighted by Gasteiger charge is 2.47. The molecule has 0 bridgehead atoms. The fourth-order valence-corrected chi connectivity index (χ4v) is 3.75. The molecule has 2 unspecified atom stereocenters. The van der Waals surface area contributed by atoms with Gasteiger partial charge in [-0.2, -0.15) is 13.2 Å². The van der Waals surface area contributed by atoms with Gasteiger partial charge in [0.2, 0.25) is 0 Å². The van der Waals surface area contributed by atoms with E-state index in [1.807, 2.05) is 20.8 Å². The molecule has 2 rings (SSSR count). The molecule has 1 aliphatic rings. The van der Waals surface area contributed by atoms with Crippen LogP contribution in [0.2, 0.25) is 0 Å². The highest BCUT2D eigenvalue weighted by atomic mass is 19.4. The highest BCUT2D eigenvalue weighted by molar-refractivity contribution is 5.32. The second-order valence-corrected chi connectivity index (χ2v) is 6.81. The minimum absolute atomic E-state index is 0.0906. The summed E-state index contributed by atoms with van der Waals surface area (Å²) < 4.78 is 39.4. The normalized spacial score (nSPS) is 30.2. The molecule has 0 radical (unpaired) electrons. The van der Waals surface area contributed by atoms with Gasteiger partial charge < -0.3 is 5.11 Å². The van der Waals surface area contributed by atoms with Crippen molar-refractivity contribution in [2.45, 2.75) is 51.8 Å². The molecule has 0 saturated heterocycles. The summed E-state index contributed by atoms with van der Waals surface area (Å²) in [5.41, 5.74) is -2.52. The maximum atomic E-state index is 13.1. The average Bonchev–Trinajstić information content (AvgIpc) is 2.24. The number of nitrogens with zero attached hydrogens (tertiary/aromatic N) is 1. The summed E-state index contributed by atoms with van der Waals surface area (Å²) in [4.78, 5) is 3.79. The summed E-state index contributed by atoms with van der Waals surface area (Å²) in [6.45, 7) is 5.93. The highest BCUT2D eigenvalue weighted by Crippen LogP contribution is 2.50. The summed E-state index contributed by atoms with van der Waals surface area (Å²) in [5, 5.41) is 10.9. The Hall–Kier alpha value is -1.10. The summed E-state index contributed by atoms with van der Waals surface area (Å²) in [6, 6.07) is 0.944. The molecule has 1 aliphatic carbocycles. The van der Waals surface area contributed by atoms with Crippen molar-refractivity contribution in [2.24, 2.45) is 11.3 Å². The smallest absolute Gasteiger partial charge is 0.385 e. The maximum absolute atomic E-state index is 13.1. The molecule has 1 heterocycles. The SMILES string of the molecule is CC1CC(C)(C)CC(O)(c2cnccc2C(F)(F)F)C1. The third kappa shape index (κ3) is 2.97. The largest absolute Gasteiger partial charge is 0.416 e. The van der Waals surface area contributed by atoms with Gasteiger partial charge in [0.1, 0.15) is 0 Å². The number of halogens is 3. The van der Waals surface area contributed by atoms with E-state index in [9.17, 15) is 18.3 Å². The van der Waals surface area contributed by atoms with Crippen molar-refractivity contribution in [1.82, 2.24) is 4.98 Å². The van der Waals surface area contributed by atoms with Crippen molar-refractivity contribution in [3.63, 3.8) is 0 Å². The fourth-order valence-electron chi connectivity index (χ4n) is 3.75. The van der Waals surface area contributed by atoms with E-state index in [1.54, 1.807) is 0 Å². The third-order valence-corrected chi connectivity index (χ3v) is 3.99. The van der Waals surface area contributed by atoms with Crippen molar-refractivity contribution >= 4 is 0 Å². The Kier molecular flexibility index (Phi) is 3.61. The fraction of sp³-hybridized carbons (Fsp3) is 0.667. The number of hydrogen-bond donors (Lipinski definition) is 1. The van der Waals surface area contributed by atoms with Crippen LogP contribution in [0.5, 0.6) is 0 Å². The van der Waals surface area contributed by atoms with Crippen LogP contribution in [0.15, 0.2) is 18.5 Å². The molecule has 0 aliphatic heterocycles. The first-order valence-electron chi connectivity index (χ1n) is 6.78. The van der Waals surface area contributed by atoms with Crippen LogP contribution in [-0.4, -0.2) is 10.1 Å². The first kappa shape index (κ1) is 15.3. The maximum Gasteiger partial charge on any atom is 0.416 e. The van der Waals surface area contributed by atoms with Crippen LogP contribution < -0.4 is 0 Å². The van der Waals surface area contributed by atoms with Gasteiger partial charge in [-0.1, -0.05) is 20.8 Å². The second-order valence-electron chi connectivity index (χ2n) is 6.81. The molecule has 20 heavy (non-hydrogen) atoms. The van der Waals surface area contributed by atoms with Crippen LogP contribution in [0.25, 0.3) is 0 Å². The van der Waals surface area contributed by atoms with Crippen LogP contribution in [0.1, 0.15) is 51.2 Å². The van der Waals surface area contributed by atoms with Gasteiger partial charge in [-0.3, -0.25) is 4.98 Å². The first-order valence-corrected chi connectivity index (χ1v) is 6.78. The Morgan fingerprint density at radius 1 is 1.30 bits per heavy atom. The van der Waals surface area contributed by atoms with E-state index in [-0.39, 0.29) is 16.9 Å². The lowest BCUT2D eigenvalue weighted by molar-refractivity contribution is -0.143. The van der Waals surface area contributed by atoms with E-state index in [1.165, 1.54) is 0 Å². The molecule has 0 aromatic carbocycles. The molecule has 112 valence electrons. The van der Waals surface area contributed by atoms with Crippen molar-refractivity contribution < 1.29 is 18.3 Å². The van der Waals surface area contributed by atoms with Crippen molar-refractivity contribution in [1.29, 1.82) is 0 Å². The van der Waals surface area contributed by atoms with Crippen molar-refractivity contribution in [2.75, 3.05) is 0 Å². The molecule has 1 aromatic heterocycles. The molecule has 0 spiro atoms. The molecule has 0 amide bonds. The Balaban J connectivity index is 2.50. The molecule has 2 atom stereocenters. The molecular weight excluding hydrogens is 267 g/mol. The van der Waals surface area contributed by atoms with Gasteiger partial charge in [-0.15, -0.1) is 0 Å². The van der Waals surface area contributed by atoms with Crippen molar-refractivity contribution in [3.8, 4) is 0 Å². The molecule has 1 aromatic rings. The zero-order valence-electron chi connectivity index (χ0n) is 12.0. The summed E-state index contributed by atoms with van der Waals surface area (Å²) in [6.07, 6.45) is -0.635. The topological polar surface area (TPSA) is 33.1 Å². The molecule has 1 N–H and O–H groups in total. The van der Waals surface area contributed by atoms with Crippen LogP contribution in [0.4, 0.5) is 13.2 Å². The van der Waals surface area contributed by atoms with E-state index >= 15 is 0 Å². The number of hydrogen-bond acceptors (Lipinski definition) is 2. The molecule has 2 nitrogen and oxygen atoms in total. The summed E-state index contributed by atoms with van der Waals surface area (Å²) in [7, 11) is 0. The second kappa shape index (κ2) is 4.72. The van der Waals surface area contributed by atoms with E-state index in [0.29, 0.717) is 12.8 Å². The van der Waals surface area contributed by atoms with Gasteiger partial charge in [0.25, 0.3) is 0 Å². The molecular formula is C15H20F3NO. The van der Waals surface area contributed by atoms with E-state index in [2.05, 4.69) is 4.98 Å². The molecule has 1 saturated carbocycles. The summed E-state index contributed by atoms with van der Waals surface area (Å²) >= 11 is 0. The Morgan fingerprint density at radius 2 is 1.95 bits per heavy atom. The van der Waals surface area contributed by atoms with Gasteiger partial charge in [-0.05, 0) is 36.7 Å². The van der Waals surface area contributed by atoms with E-state index in [0.717, 1.165) is 24.9 Å². The molecule has 5 heteroatoms. The van der Waals surface area contributed by atoms with Gasteiger partial charge >= 0.3 is 6.18 Å². The van der Waals surface area contributed by atoms with Crippen LogP contribution in [0, 0.1) is 11.3 Å². The van der Waals surface area contributed by atoms with E-state index < -0.39 is 17.3 Å². The Bertz CT molecular complexity index is 498. The predicted octanol–water partition coefficient (Wildman–Crippen LogP) is 4.13. The lowest BCUT2D eigenvalue weighted by atomic mass is 9.63. The van der Waals surface area contributed by atoms with Crippen LogP contribution in [-0.2, 0) is 11.8 Å². The first-order chi connectivity index (χ1) is 9.04. The predicted molar refractivity (Wildman–Crippen MR) is 69.9 cm³/mol. The zero-order valence-corrected chi connectivity index (χ0v) is 12.0. The average molecular weight is 287 g/mol. The minimum Gasteiger partial charge on any atom is -0.385 e. The standard InChI is InChI=1S/C15H20F3NO/c1-10-6-13(2,3)9-14(20,7-10)12-8-19-5-4-11(12)15(16,17)18/h4-5,8,10,20H,6-7,9H2,1-3H3. The van der Waals surface area contributed by atoms with Gasteiger partial charge in [0.05, 0.1) is 11.2 Å². The lowest BCUT2D eigenvalue weighted by Gasteiger charge is -2.45. The number of pyridine rings is 1. The zero-order chi connectivity index (χ0) is 15.2. The summed E-state index contributed by atoms with van der Waals surface area (Å²) in [5.74, 6) is 0.171. The minimum atomic E-state index is -4.47. The lowest BCUT2D eigenvalue weighted by Crippen LogP contribution is -2.41. The van der Waals surface area contributed by atoms with Gasteiger partial charge in [0.15, 0.2) is 0 Å². The third-order valence-electron chi connectivity index (χ3n) is 3.99. The number of alkyl halides is 3. The quantitative estimate of drug-likeness (QED) is 0.842. The van der Waals surface area contributed by atoms with Crippen LogP contribution >= 0.6 is 0 Å². The molecule has 1 fully saturated rings. The van der Waals surface area contributed by atoms with Gasteiger partial charge in [-0.25, -0.2) is 0 Å².